The number of benzene rings is 3. The minimum Gasteiger partial charge on any atom is -0.468 e. The lowest BCUT2D eigenvalue weighted by atomic mass is 9.55. The number of hydrogen-bond donors (Lipinski definition) is 0. The van der Waals surface area contributed by atoms with Gasteiger partial charge in [0, 0.05) is 32.9 Å². The monoisotopic (exact) mass is 455 g/mol. The summed E-state index contributed by atoms with van der Waals surface area (Å²) in [5, 5.41) is 2.75. The van der Waals surface area contributed by atoms with Gasteiger partial charge in [-0.25, -0.2) is 0 Å². The van der Waals surface area contributed by atoms with Gasteiger partial charge in [0.1, 0.15) is 5.75 Å². The van der Waals surface area contributed by atoms with Crippen molar-refractivity contribution in [2.75, 3.05) is 6.79 Å². The molecule has 0 spiro atoms. The first-order valence-corrected chi connectivity index (χ1v) is 13.7. The Labute approximate surface area is 198 Å². The van der Waals surface area contributed by atoms with Crippen molar-refractivity contribution in [3.63, 3.8) is 0 Å². The van der Waals surface area contributed by atoms with Gasteiger partial charge in [0.15, 0.2) is 21.1 Å². The molecule has 4 aliphatic carbocycles. The summed E-state index contributed by atoms with van der Waals surface area (Å²) in [6, 6.07) is 24.3. The SMILES string of the molecule is Cc1cc(OCOC2C3CC4CC(C3)CC2C4)ccc1-[s+]1c2ccccc2c2ccccc21. The molecule has 1 aromatic heterocycles. The first kappa shape index (κ1) is 20.1. The number of ether oxygens (including phenoxy) is 2. The highest BCUT2D eigenvalue weighted by molar-refractivity contribution is 7.50. The molecule has 4 aromatic rings. The van der Waals surface area contributed by atoms with Crippen LogP contribution < -0.4 is 4.74 Å². The van der Waals surface area contributed by atoms with Crippen molar-refractivity contribution in [2.45, 2.75) is 45.1 Å². The molecule has 8 rings (SSSR count). The molecule has 4 bridgehead atoms. The molecule has 168 valence electrons. The van der Waals surface area contributed by atoms with Crippen LogP contribution in [0.15, 0.2) is 66.7 Å². The number of fused-ring (bicyclic) bond motifs is 3. The molecule has 0 amide bonds. The number of rotatable bonds is 5. The first-order valence-electron chi connectivity index (χ1n) is 12.5. The predicted octanol–water partition coefficient (Wildman–Crippen LogP) is 8.22. The summed E-state index contributed by atoms with van der Waals surface area (Å²) in [6.45, 7) is 2.60. The van der Waals surface area contributed by atoms with Crippen LogP contribution in [0.4, 0.5) is 0 Å². The average molecular weight is 456 g/mol. The highest BCUT2D eigenvalue weighted by Gasteiger charge is 2.48. The average Bonchev–Trinajstić information content (AvgIpc) is 3.15. The van der Waals surface area contributed by atoms with Crippen LogP contribution in [0.3, 0.4) is 0 Å². The van der Waals surface area contributed by atoms with Gasteiger partial charge in [0.25, 0.3) is 0 Å². The summed E-state index contributed by atoms with van der Waals surface area (Å²) in [5.41, 5.74) is 1.29. The van der Waals surface area contributed by atoms with Gasteiger partial charge in [-0.05, 0) is 99.1 Å². The predicted molar refractivity (Wildman–Crippen MR) is 137 cm³/mol. The molecular weight excluding hydrogens is 424 g/mol. The zero-order chi connectivity index (χ0) is 21.9. The summed E-state index contributed by atoms with van der Waals surface area (Å²) in [4.78, 5) is 1.39. The van der Waals surface area contributed by atoms with Crippen molar-refractivity contribution < 1.29 is 9.47 Å². The lowest BCUT2D eigenvalue weighted by Gasteiger charge is -2.53. The van der Waals surface area contributed by atoms with Crippen molar-refractivity contribution in [1.82, 2.24) is 0 Å². The molecule has 33 heavy (non-hydrogen) atoms. The van der Waals surface area contributed by atoms with E-state index < -0.39 is 0 Å². The normalized spacial score (nSPS) is 28.1. The molecule has 0 radical (unpaired) electrons. The summed E-state index contributed by atoms with van der Waals surface area (Å²) in [5.74, 6) is 4.44. The molecule has 4 saturated carbocycles. The van der Waals surface area contributed by atoms with Crippen molar-refractivity contribution in [2.24, 2.45) is 23.7 Å². The molecule has 0 aliphatic heterocycles. The van der Waals surface area contributed by atoms with Crippen LogP contribution in [0.2, 0.25) is 0 Å². The molecule has 1 heterocycles. The molecule has 0 atom stereocenters. The summed E-state index contributed by atoms with van der Waals surface area (Å²) in [7, 11) is -0.0593. The van der Waals surface area contributed by atoms with E-state index in [4.69, 9.17) is 9.47 Å². The molecule has 3 aromatic carbocycles. The third-order valence-corrected chi connectivity index (χ3v) is 11.0. The molecular formula is C30H31O2S+. The number of aryl methyl sites for hydroxylation is 1. The largest absolute Gasteiger partial charge is 0.468 e. The fourth-order valence-electron chi connectivity index (χ4n) is 7.36. The van der Waals surface area contributed by atoms with Gasteiger partial charge in [-0.3, -0.25) is 0 Å². The minimum atomic E-state index is -0.0593. The third kappa shape index (κ3) is 3.32. The van der Waals surface area contributed by atoms with E-state index in [0.29, 0.717) is 12.9 Å². The minimum absolute atomic E-state index is 0.0593. The van der Waals surface area contributed by atoms with E-state index in [1.54, 1.807) is 0 Å². The number of hydrogen-bond acceptors (Lipinski definition) is 2. The highest BCUT2D eigenvalue weighted by atomic mass is 32.2. The molecule has 4 fully saturated rings. The van der Waals surface area contributed by atoms with Crippen LogP contribution in [0, 0.1) is 30.6 Å². The van der Waals surface area contributed by atoms with Crippen LogP contribution in [-0.4, -0.2) is 12.9 Å². The topological polar surface area (TPSA) is 18.5 Å². The van der Waals surface area contributed by atoms with E-state index >= 15 is 0 Å². The second kappa shape index (κ2) is 7.85. The van der Waals surface area contributed by atoms with Crippen molar-refractivity contribution in [1.29, 1.82) is 0 Å². The molecule has 3 heteroatoms. The Bertz CT molecular complexity index is 1250. The molecule has 4 aliphatic rings. The standard InChI is InChI=1S/C30H31O2S/c1-19-12-24(31-18-32-30-22-14-20-13-21(16-22)17-23(30)15-20)10-11-27(19)33-28-8-4-2-6-25(28)26-7-3-5-9-29(26)33/h2-12,20-23,30H,13-18H2,1H3/q+1. The van der Waals surface area contributed by atoms with E-state index in [1.807, 2.05) is 0 Å². The maximum absolute atomic E-state index is 6.37. The molecule has 0 unspecified atom stereocenters. The van der Waals surface area contributed by atoms with Crippen LogP contribution in [0.1, 0.15) is 37.7 Å². The zero-order valence-corrected chi connectivity index (χ0v) is 20.0. The second-order valence-corrected chi connectivity index (χ2v) is 12.5. The van der Waals surface area contributed by atoms with Crippen molar-refractivity contribution in [3.05, 3.63) is 72.3 Å². The Kier molecular flexibility index (Phi) is 4.77. The Morgan fingerprint density at radius 3 is 1.97 bits per heavy atom. The van der Waals surface area contributed by atoms with Gasteiger partial charge in [-0.2, -0.15) is 0 Å². The Balaban J connectivity index is 1.12. The van der Waals surface area contributed by atoms with Crippen LogP contribution in [0.25, 0.3) is 25.1 Å². The zero-order valence-electron chi connectivity index (χ0n) is 19.2. The second-order valence-electron chi connectivity index (χ2n) is 10.6. The fourth-order valence-corrected chi connectivity index (χ4v) is 9.88. The Morgan fingerprint density at radius 1 is 0.758 bits per heavy atom. The van der Waals surface area contributed by atoms with E-state index in [0.717, 1.165) is 29.4 Å². The van der Waals surface area contributed by atoms with E-state index in [-0.39, 0.29) is 10.5 Å². The summed E-state index contributed by atoms with van der Waals surface area (Å²) >= 11 is 0. The fraction of sp³-hybridized carbons (Fsp3) is 0.400. The third-order valence-electron chi connectivity index (χ3n) is 8.50. The van der Waals surface area contributed by atoms with E-state index in [2.05, 4.69) is 73.7 Å². The maximum atomic E-state index is 6.37. The first-order chi connectivity index (χ1) is 16.2. The molecule has 2 nitrogen and oxygen atoms in total. The van der Waals surface area contributed by atoms with Gasteiger partial charge < -0.3 is 9.47 Å². The van der Waals surface area contributed by atoms with Gasteiger partial charge >= 0.3 is 0 Å². The van der Waals surface area contributed by atoms with Gasteiger partial charge in [-0.15, -0.1) is 0 Å². The van der Waals surface area contributed by atoms with Gasteiger partial charge in [-0.1, -0.05) is 24.3 Å². The lowest BCUT2D eigenvalue weighted by Crippen LogP contribution is -2.49. The van der Waals surface area contributed by atoms with Crippen LogP contribution >= 0.6 is 10.5 Å². The van der Waals surface area contributed by atoms with Gasteiger partial charge in [0.2, 0.25) is 0 Å². The van der Waals surface area contributed by atoms with Crippen LogP contribution in [-0.2, 0) is 4.74 Å². The van der Waals surface area contributed by atoms with Crippen molar-refractivity contribution >= 4 is 30.6 Å². The van der Waals surface area contributed by atoms with Crippen molar-refractivity contribution in [3.8, 4) is 10.6 Å². The van der Waals surface area contributed by atoms with E-state index in [1.165, 1.54) is 62.7 Å². The summed E-state index contributed by atoms with van der Waals surface area (Å²) < 4.78 is 15.4. The smallest absolute Gasteiger partial charge is 0.189 e. The Hall–Kier alpha value is -2.36. The summed E-state index contributed by atoms with van der Waals surface area (Å²) in [6.07, 6.45) is 7.45. The van der Waals surface area contributed by atoms with Gasteiger partial charge in [0.05, 0.1) is 6.10 Å². The van der Waals surface area contributed by atoms with E-state index in [9.17, 15) is 0 Å². The van der Waals surface area contributed by atoms with Crippen LogP contribution in [0.5, 0.6) is 5.75 Å². The molecule has 0 N–H and O–H groups in total. The maximum Gasteiger partial charge on any atom is 0.189 e. The molecule has 0 saturated heterocycles. The quantitative estimate of drug-likeness (QED) is 0.223. The lowest BCUT2D eigenvalue weighted by molar-refractivity contribution is -0.155. The highest BCUT2D eigenvalue weighted by Crippen LogP contribution is 2.54. The Morgan fingerprint density at radius 2 is 1.36 bits per heavy atom. The number of thiophene rings is 1.